The van der Waals surface area contributed by atoms with Gasteiger partial charge in [0.1, 0.15) is 0 Å². The van der Waals surface area contributed by atoms with Crippen LogP contribution in [0.1, 0.15) is 75.5 Å². The lowest BCUT2D eigenvalue weighted by Gasteiger charge is -2.32. The molecule has 1 unspecified atom stereocenters. The summed E-state index contributed by atoms with van der Waals surface area (Å²) >= 11 is 6.91. The van der Waals surface area contributed by atoms with Gasteiger partial charge in [0.2, 0.25) is 0 Å². The fourth-order valence-corrected chi connectivity index (χ4v) is 6.82. The quantitative estimate of drug-likeness (QED) is 0.512. The lowest BCUT2D eigenvalue weighted by Crippen LogP contribution is -2.20. The number of hydrogen-bond acceptors (Lipinski definition) is 2. The van der Waals surface area contributed by atoms with Gasteiger partial charge in [0.05, 0.1) is 23.5 Å². The van der Waals surface area contributed by atoms with Gasteiger partial charge >= 0.3 is 0 Å². The second kappa shape index (κ2) is 7.19. The first-order chi connectivity index (χ1) is 14.3. The molecular formula is C25H30ClN3. The first-order valence-corrected chi connectivity index (χ1v) is 12.0. The average Bonchev–Trinajstić information content (AvgIpc) is 3.02. The smallest absolute Gasteiger partial charge is 0.0741 e. The van der Waals surface area contributed by atoms with E-state index in [2.05, 4.69) is 27.9 Å². The number of halogens is 1. The van der Waals surface area contributed by atoms with Gasteiger partial charge < -0.3 is 4.57 Å². The normalized spacial score (nSPS) is 24.9. The Morgan fingerprint density at radius 1 is 1.07 bits per heavy atom. The van der Waals surface area contributed by atoms with Crippen molar-refractivity contribution in [1.29, 1.82) is 0 Å². The summed E-state index contributed by atoms with van der Waals surface area (Å²) in [7, 11) is 0. The van der Waals surface area contributed by atoms with Crippen LogP contribution in [0, 0.1) is 11.8 Å². The lowest BCUT2D eigenvalue weighted by molar-refractivity contribution is 0.273. The molecule has 2 aromatic rings. The summed E-state index contributed by atoms with van der Waals surface area (Å²) in [6, 6.07) is 2.20. The van der Waals surface area contributed by atoms with Crippen LogP contribution in [0.15, 0.2) is 30.1 Å². The van der Waals surface area contributed by atoms with Gasteiger partial charge in [-0.05, 0) is 67.6 Å². The Balaban J connectivity index is 1.42. The number of fused-ring (bicyclic) bond motifs is 4. The summed E-state index contributed by atoms with van der Waals surface area (Å²) in [5.74, 6) is 1.80. The highest BCUT2D eigenvalue weighted by molar-refractivity contribution is 6.18. The molecule has 0 saturated heterocycles. The van der Waals surface area contributed by atoms with E-state index in [0.717, 1.165) is 31.2 Å². The number of aromatic nitrogens is 2. The minimum atomic E-state index is 0.837. The maximum absolute atomic E-state index is 6.91. The fraction of sp³-hybridized carbons (Fsp3) is 0.560. The zero-order valence-electron chi connectivity index (χ0n) is 17.2. The second-order valence-corrected chi connectivity index (χ2v) is 10.0. The van der Waals surface area contributed by atoms with Crippen molar-refractivity contribution in [3.05, 3.63) is 41.4 Å². The highest BCUT2D eigenvalue weighted by Crippen LogP contribution is 2.47. The van der Waals surface area contributed by atoms with Gasteiger partial charge in [-0.2, -0.15) is 0 Å². The van der Waals surface area contributed by atoms with Crippen LogP contribution in [0.5, 0.6) is 0 Å². The monoisotopic (exact) mass is 407 g/mol. The standard InChI is InChI=1S/C25H30ClN3/c26-28-16-19-14-18(13-17-5-2-1-3-6-17)9-10-22(19)29-23-11-12-27-15-21(23)20-7-4-8-24(28)25(20)29/h8,11-12,15,17-18H,1-7,9-10,13-14,16H2. The molecule has 3 nitrogen and oxygen atoms in total. The van der Waals surface area contributed by atoms with Gasteiger partial charge in [0, 0.05) is 35.3 Å². The number of pyridine rings is 1. The van der Waals surface area contributed by atoms with E-state index in [1.54, 1.807) is 5.57 Å². The van der Waals surface area contributed by atoms with Crippen molar-refractivity contribution < 1.29 is 0 Å². The molecule has 0 amide bonds. The van der Waals surface area contributed by atoms with E-state index in [4.69, 9.17) is 11.8 Å². The summed E-state index contributed by atoms with van der Waals surface area (Å²) in [5.41, 5.74) is 8.40. The molecule has 0 radical (unpaired) electrons. The first-order valence-electron chi connectivity index (χ1n) is 11.6. The molecule has 0 N–H and O–H groups in total. The van der Waals surface area contributed by atoms with Gasteiger partial charge in [0.15, 0.2) is 0 Å². The van der Waals surface area contributed by atoms with E-state index in [9.17, 15) is 0 Å². The zero-order valence-corrected chi connectivity index (χ0v) is 17.9. The van der Waals surface area contributed by atoms with Gasteiger partial charge in [-0.15, -0.1) is 0 Å². The summed E-state index contributed by atoms with van der Waals surface area (Å²) < 4.78 is 4.57. The van der Waals surface area contributed by atoms with Crippen LogP contribution >= 0.6 is 11.8 Å². The summed E-state index contributed by atoms with van der Waals surface area (Å²) in [6.45, 7) is 0.873. The lowest BCUT2D eigenvalue weighted by atomic mass is 9.77. The average molecular weight is 408 g/mol. The van der Waals surface area contributed by atoms with E-state index in [0.29, 0.717) is 0 Å². The highest BCUT2D eigenvalue weighted by Gasteiger charge is 2.34. The van der Waals surface area contributed by atoms with Crippen molar-refractivity contribution in [3.8, 4) is 0 Å². The van der Waals surface area contributed by atoms with Crippen molar-refractivity contribution in [2.75, 3.05) is 6.54 Å². The summed E-state index contributed by atoms with van der Waals surface area (Å²) in [5, 5.41) is 1.32. The number of rotatable bonds is 2. The first kappa shape index (κ1) is 18.1. The van der Waals surface area contributed by atoms with Gasteiger partial charge in [-0.3, -0.25) is 9.40 Å². The van der Waals surface area contributed by atoms with E-state index < -0.39 is 0 Å². The molecule has 1 atom stereocenters. The van der Waals surface area contributed by atoms with Crippen LogP contribution in [0.25, 0.3) is 22.3 Å². The molecule has 0 aromatic carbocycles. The molecule has 1 aliphatic heterocycles. The van der Waals surface area contributed by atoms with Crippen LogP contribution in [-0.2, 0) is 6.42 Å². The van der Waals surface area contributed by atoms with Crippen molar-refractivity contribution in [1.82, 2.24) is 14.0 Å². The third kappa shape index (κ3) is 2.96. The number of hydrogen-bond donors (Lipinski definition) is 0. The molecule has 29 heavy (non-hydrogen) atoms. The SMILES string of the molecule is ClN1CC2=C(CCC(CC3CCCCC3)C2)n2c3c(c4cnccc42)CCC=C31. The summed E-state index contributed by atoms with van der Waals surface area (Å²) in [4.78, 5) is 4.44. The molecule has 1 fully saturated rings. The zero-order chi connectivity index (χ0) is 19.4. The van der Waals surface area contributed by atoms with Crippen LogP contribution in [-0.4, -0.2) is 20.5 Å². The molecule has 3 heterocycles. The van der Waals surface area contributed by atoms with Crippen LogP contribution < -0.4 is 0 Å². The predicted molar refractivity (Wildman–Crippen MR) is 120 cm³/mol. The van der Waals surface area contributed by atoms with Crippen molar-refractivity contribution >= 4 is 34.1 Å². The maximum atomic E-state index is 6.91. The Morgan fingerprint density at radius 3 is 2.86 bits per heavy atom. The Kier molecular flexibility index (Phi) is 4.48. The Hall–Kier alpha value is -1.74. The molecule has 152 valence electrons. The molecule has 2 aromatic heterocycles. The maximum Gasteiger partial charge on any atom is 0.0741 e. The largest absolute Gasteiger partial charge is 0.311 e. The van der Waals surface area contributed by atoms with Crippen LogP contribution in [0.3, 0.4) is 0 Å². The van der Waals surface area contributed by atoms with Crippen molar-refractivity contribution in [3.63, 3.8) is 0 Å². The molecule has 0 bridgehead atoms. The van der Waals surface area contributed by atoms with Gasteiger partial charge in [-0.25, -0.2) is 0 Å². The Bertz CT molecular complexity index is 1010. The third-order valence-corrected chi connectivity index (χ3v) is 8.13. The summed E-state index contributed by atoms with van der Waals surface area (Å²) in [6.07, 6.45) is 20.9. The number of allylic oxidation sites excluding steroid dienone is 2. The van der Waals surface area contributed by atoms with Gasteiger partial charge in [0.25, 0.3) is 0 Å². The predicted octanol–water partition coefficient (Wildman–Crippen LogP) is 6.77. The van der Waals surface area contributed by atoms with Crippen molar-refractivity contribution in [2.45, 2.75) is 70.6 Å². The molecule has 4 aliphatic rings. The van der Waals surface area contributed by atoms with Crippen LogP contribution in [0.4, 0.5) is 0 Å². The Labute approximate surface area is 178 Å². The fourth-order valence-electron chi connectivity index (χ4n) is 6.52. The molecule has 0 spiro atoms. The topological polar surface area (TPSA) is 21.1 Å². The van der Waals surface area contributed by atoms with E-state index >= 15 is 0 Å². The molecule has 3 aliphatic carbocycles. The number of aryl methyl sites for hydroxylation is 1. The second-order valence-electron chi connectivity index (χ2n) is 9.60. The number of nitrogens with zero attached hydrogens (tertiary/aromatic N) is 3. The third-order valence-electron chi connectivity index (χ3n) is 7.83. The molecular weight excluding hydrogens is 378 g/mol. The minimum absolute atomic E-state index is 0.837. The van der Waals surface area contributed by atoms with E-state index in [1.807, 2.05) is 10.6 Å². The van der Waals surface area contributed by atoms with Gasteiger partial charge in [-0.1, -0.05) is 38.2 Å². The molecule has 6 rings (SSSR count). The molecule has 4 heteroatoms. The van der Waals surface area contributed by atoms with E-state index in [1.165, 1.54) is 91.3 Å². The van der Waals surface area contributed by atoms with Crippen LogP contribution in [0.2, 0.25) is 0 Å². The van der Waals surface area contributed by atoms with E-state index in [-0.39, 0.29) is 0 Å². The van der Waals surface area contributed by atoms with Crippen molar-refractivity contribution in [2.24, 2.45) is 11.8 Å². The minimum Gasteiger partial charge on any atom is -0.311 e. The Morgan fingerprint density at radius 2 is 1.97 bits per heavy atom. The molecule has 1 saturated carbocycles. The highest BCUT2D eigenvalue weighted by atomic mass is 35.5.